The molecule has 0 bridgehead atoms. The van der Waals surface area contributed by atoms with Gasteiger partial charge in [-0.25, -0.2) is 0 Å². The SMILES string of the molecule is c1csc(C2Nc3ccccc3-n3cccc32)c1. The lowest BCUT2D eigenvalue weighted by Gasteiger charge is -2.28. The van der Waals surface area contributed by atoms with Gasteiger partial charge in [-0.05, 0) is 35.7 Å². The average molecular weight is 252 g/mol. The molecule has 0 fully saturated rings. The summed E-state index contributed by atoms with van der Waals surface area (Å²) in [7, 11) is 0. The van der Waals surface area contributed by atoms with E-state index in [1.54, 1.807) is 11.3 Å². The zero-order chi connectivity index (χ0) is 11.9. The minimum atomic E-state index is 0.259. The Morgan fingerprint density at radius 3 is 2.83 bits per heavy atom. The van der Waals surface area contributed by atoms with Crippen molar-refractivity contribution in [2.45, 2.75) is 6.04 Å². The number of hydrogen-bond acceptors (Lipinski definition) is 2. The molecular formula is C15H12N2S. The summed E-state index contributed by atoms with van der Waals surface area (Å²) in [5, 5.41) is 5.76. The first-order valence-corrected chi connectivity index (χ1v) is 6.88. The average Bonchev–Trinajstić information content (AvgIpc) is 3.09. The number of nitrogens with one attached hydrogen (secondary N) is 1. The third-order valence-corrected chi connectivity index (χ3v) is 4.30. The van der Waals surface area contributed by atoms with Gasteiger partial charge in [-0.3, -0.25) is 0 Å². The van der Waals surface area contributed by atoms with Gasteiger partial charge in [-0.2, -0.15) is 0 Å². The van der Waals surface area contributed by atoms with Crippen LogP contribution in [0.3, 0.4) is 0 Å². The highest BCUT2D eigenvalue weighted by molar-refractivity contribution is 7.10. The normalized spacial score (nSPS) is 16.8. The second-order valence-corrected chi connectivity index (χ2v) is 5.39. The molecule has 1 unspecified atom stereocenters. The van der Waals surface area contributed by atoms with E-state index in [1.165, 1.54) is 21.9 Å². The predicted octanol–water partition coefficient (Wildman–Crippen LogP) is 4.05. The standard InChI is InChI=1S/C15H12N2S/c1-2-6-12-11(5-1)16-15(14-8-4-10-18-14)13-7-3-9-17(12)13/h1-10,15-16H. The number of para-hydroxylation sites is 2. The third kappa shape index (κ3) is 1.34. The van der Waals surface area contributed by atoms with Crippen LogP contribution in [-0.2, 0) is 0 Å². The molecule has 0 aliphatic carbocycles. The molecule has 1 aliphatic heterocycles. The van der Waals surface area contributed by atoms with Crippen molar-refractivity contribution in [3.63, 3.8) is 0 Å². The van der Waals surface area contributed by atoms with E-state index in [9.17, 15) is 0 Å². The summed E-state index contributed by atoms with van der Waals surface area (Å²) in [6.07, 6.45) is 2.13. The van der Waals surface area contributed by atoms with Crippen LogP contribution in [0.5, 0.6) is 0 Å². The highest BCUT2D eigenvalue weighted by atomic mass is 32.1. The van der Waals surface area contributed by atoms with E-state index in [0.717, 1.165) is 0 Å². The summed E-state index contributed by atoms with van der Waals surface area (Å²) in [5.41, 5.74) is 3.72. The fourth-order valence-corrected chi connectivity index (χ4v) is 3.34. The molecule has 1 N–H and O–H groups in total. The lowest BCUT2D eigenvalue weighted by molar-refractivity contribution is 0.822. The maximum Gasteiger partial charge on any atom is 0.102 e. The number of thiophene rings is 1. The van der Waals surface area contributed by atoms with Crippen LogP contribution in [0.1, 0.15) is 16.6 Å². The predicted molar refractivity (Wildman–Crippen MR) is 75.6 cm³/mol. The number of anilines is 1. The second-order valence-electron chi connectivity index (χ2n) is 4.41. The fourth-order valence-electron chi connectivity index (χ4n) is 2.56. The summed E-state index contributed by atoms with van der Waals surface area (Å²) in [4.78, 5) is 1.35. The monoisotopic (exact) mass is 252 g/mol. The van der Waals surface area contributed by atoms with Gasteiger partial charge in [0.2, 0.25) is 0 Å². The van der Waals surface area contributed by atoms with Crippen LogP contribution in [0.2, 0.25) is 0 Å². The summed E-state index contributed by atoms with van der Waals surface area (Å²) < 4.78 is 2.27. The first-order chi connectivity index (χ1) is 8.93. The maximum absolute atomic E-state index is 3.63. The molecule has 18 heavy (non-hydrogen) atoms. The molecule has 3 aromatic rings. The number of nitrogens with zero attached hydrogens (tertiary/aromatic N) is 1. The van der Waals surface area contributed by atoms with Crippen LogP contribution in [0.4, 0.5) is 5.69 Å². The number of hydrogen-bond donors (Lipinski definition) is 1. The van der Waals surface area contributed by atoms with Crippen LogP contribution in [0, 0.1) is 0 Å². The van der Waals surface area contributed by atoms with Crippen LogP contribution < -0.4 is 5.32 Å². The van der Waals surface area contributed by atoms with E-state index in [-0.39, 0.29) is 6.04 Å². The van der Waals surface area contributed by atoms with Crippen molar-refractivity contribution in [1.29, 1.82) is 0 Å². The zero-order valence-corrected chi connectivity index (χ0v) is 10.5. The van der Waals surface area contributed by atoms with Gasteiger partial charge in [-0.15, -0.1) is 11.3 Å². The molecule has 0 spiro atoms. The van der Waals surface area contributed by atoms with E-state index in [1.807, 2.05) is 0 Å². The summed E-state index contributed by atoms with van der Waals surface area (Å²) in [6, 6.07) is 17.3. The molecule has 4 rings (SSSR count). The summed E-state index contributed by atoms with van der Waals surface area (Å²) in [6.45, 7) is 0. The van der Waals surface area contributed by atoms with Crippen molar-refractivity contribution in [2.24, 2.45) is 0 Å². The number of benzene rings is 1. The summed E-state index contributed by atoms with van der Waals surface area (Å²) in [5.74, 6) is 0. The van der Waals surface area contributed by atoms with Gasteiger partial charge in [0.15, 0.2) is 0 Å². The molecule has 0 saturated heterocycles. The Bertz CT molecular complexity index is 682. The number of aromatic nitrogens is 1. The van der Waals surface area contributed by atoms with Gasteiger partial charge < -0.3 is 9.88 Å². The Hall–Kier alpha value is -2.00. The topological polar surface area (TPSA) is 17.0 Å². The first kappa shape index (κ1) is 9.97. The van der Waals surface area contributed by atoms with E-state index < -0.39 is 0 Å². The van der Waals surface area contributed by atoms with Crippen molar-refractivity contribution in [2.75, 3.05) is 5.32 Å². The molecule has 3 heteroatoms. The van der Waals surface area contributed by atoms with E-state index in [0.29, 0.717) is 0 Å². The van der Waals surface area contributed by atoms with Gasteiger partial charge in [-0.1, -0.05) is 18.2 Å². The first-order valence-electron chi connectivity index (χ1n) is 6.00. The maximum atomic E-state index is 3.63. The molecule has 2 nitrogen and oxygen atoms in total. The Balaban J connectivity index is 1.93. The highest BCUT2D eigenvalue weighted by Crippen LogP contribution is 2.37. The van der Waals surface area contributed by atoms with Gasteiger partial charge in [0.25, 0.3) is 0 Å². The third-order valence-electron chi connectivity index (χ3n) is 3.37. The van der Waals surface area contributed by atoms with Gasteiger partial charge in [0.05, 0.1) is 17.1 Å². The van der Waals surface area contributed by atoms with E-state index in [2.05, 4.69) is 70.0 Å². The Morgan fingerprint density at radius 2 is 1.94 bits per heavy atom. The van der Waals surface area contributed by atoms with E-state index >= 15 is 0 Å². The van der Waals surface area contributed by atoms with Gasteiger partial charge in [0.1, 0.15) is 6.04 Å². The van der Waals surface area contributed by atoms with Crippen LogP contribution in [0.25, 0.3) is 5.69 Å². The minimum Gasteiger partial charge on any atom is -0.370 e. The van der Waals surface area contributed by atoms with Crippen LogP contribution in [-0.4, -0.2) is 4.57 Å². The van der Waals surface area contributed by atoms with Crippen LogP contribution in [0.15, 0.2) is 60.1 Å². The van der Waals surface area contributed by atoms with Crippen molar-refractivity contribution >= 4 is 17.0 Å². The highest BCUT2D eigenvalue weighted by Gasteiger charge is 2.24. The van der Waals surface area contributed by atoms with Crippen molar-refractivity contribution in [3.05, 3.63) is 70.7 Å². The number of rotatable bonds is 1. The van der Waals surface area contributed by atoms with Gasteiger partial charge in [0, 0.05) is 11.1 Å². The molecule has 2 aromatic heterocycles. The Kier molecular flexibility index (Phi) is 2.08. The summed E-state index contributed by atoms with van der Waals surface area (Å²) >= 11 is 1.80. The lowest BCUT2D eigenvalue weighted by atomic mass is 10.1. The molecule has 0 amide bonds. The van der Waals surface area contributed by atoms with Crippen molar-refractivity contribution in [1.82, 2.24) is 4.57 Å². The lowest BCUT2D eigenvalue weighted by Crippen LogP contribution is -2.21. The smallest absolute Gasteiger partial charge is 0.102 e. The molecule has 1 aliphatic rings. The minimum absolute atomic E-state index is 0.259. The molecular weight excluding hydrogens is 240 g/mol. The molecule has 1 atom stereocenters. The van der Waals surface area contributed by atoms with Gasteiger partial charge >= 0.3 is 0 Å². The van der Waals surface area contributed by atoms with E-state index in [4.69, 9.17) is 0 Å². The molecule has 3 heterocycles. The molecule has 0 radical (unpaired) electrons. The fraction of sp³-hybridized carbons (Fsp3) is 0.0667. The largest absolute Gasteiger partial charge is 0.370 e. The van der Waals surface area contributed by atoms with Crippen molar-refractivity contribution < 1.29 is 0 Å². The Labute approximate surface area is 110 Å². The zero-order valence-electron chi connectivity index (χ0n) is 9.71. The quantitative estimate of drug-likeness (QED) is 0.691. The van der Waals surface area contributed by atoms with Crippen LogP contribution >= 0.6 is 11.3 Å². The Morgan fingerprint density at radius 1 is 1.00 bits per heavy atom. The van der Waals surface area contributed by atoms with Crippen molar-refractivity contribution in [3.8, 4) is 5.69 Å². The molecule has 88 valence electrons. The number of fused-ring (bicyclic) bond motifs is 3. The second kappa shape index (κ2) is 3.75. The molecule has 0 saturated carbocycles. The molecule has 1 aromatic carbocycles.